The van der Waals surface area contributed by atoms with Crippen molar-refractivity contribution >= 4 is 35.1 Å². The lowest BCUT2D eigenvalue weighted by Crippen LogP contribution is -2.14. The number of thioether (sulfide) groups is 2. The predicted molar refractivity (Wildman–Crippen MR) is 109 cm³/mol. The molecule has 0 aliphatic heterocycles. The van der Waals surface area contributed by atoms with Gasteiger partial charge in [-0.05, 0) is 30.4 Å². The zero-order valence-corrected chi connectivity index (χ0v) is 16.3. The van der Waals surface area contributed by atoms with Crippen LogP contribution in [0.2, 0.25) is 0 Å². The summed E-state index contributed by atoms with van der Waals surface area (Å²) in [5, 5.41) is 10.6. The number of hydrogen-bond acceptors (Lipinski definition) is 5. The van der Waals surface area contributed by atoms with Crippen molar-refractivity contribution in [1.29, 1.82) is 0 Å². The molecule has 5 nitrogen and oxygen atoms in total. The fourth-order valence-electron chi connectivity index (χ4n) is 2.40. The fraction of sp³-hybridized carbons (Fsp3) is 0.211. The second kappa shape index (κ2) is 8.91. The first-order valence-electron chi connectivity index (χ1n) is 8.27. The van der Waals surface area contributed by atoms with Gasteiger partial charge in [0.2, 0.25) is 11.1 Å². The molecule has 0 spiro atoms. The molecule has 0 bridgehead atoms. The van der Waals surface area contributed by atoms with E-state index in [4.69, 9.17) is 0 Å². The Bertz CT molecular complexity index is 877. The highest BCUT2D eigenvalue weighted by atomic mass is 32.2. The van der Waals surface area contributed by atoms with Gasteiger partial charge in [-0.2, -0.15) is 0 Å². The average Bonchev–Trinajstić information content (AvgIpc) is 3.16. The minimum Gasteiger partial charge on any atom is -0.324 e. The summed E-state index contributed by atoms with van der Waals surface area (Å²) >= 11 is 2.92. The Hall–Kier alpha value is -2.25. The van der Waals surface area contributed by atoms with Gasteiger partial charge in [0.05, 0.1) is 11.4 Å². The van der Waals surface area contributed by atoms with Crippen LogP contribution in [-0.4, -0.2) is 33.1 Å². The Morgan fingerprint density at radius 1 is 1.15 bits per heavy atom. The topological polar surface area (TPSA) is 70.7 Å². The second-order valence-electron chi connectivity index (χ2n) is 5.55. The van der Waals surface area contributed by atoms with Crippen molar-refractivity contribution in [2.24, 2.45) is 0 Å². The van der Waals surface area contributed by atoms with Crippen LogP contribution in [0.4, 0.5) is 5.69 Å². The third-order valence-corrected chi connectivity index (χ3v) is 5.46. The minimum absolute atomic E-state index is 0.0739. The standard InChI is InChI=1S/C19H20N4OS2/c1-3-13-8-10-14(11-9-13)18-21-19(23-22-18)26-12-17(24)20-15-6-4-5-7-16(15)25-2/h4-11H,3,12H2,1-2H3,(H,20,24)(H,21,22,23). The van der Waals surface area contributed by atoms with Crippen LogP contribution in [0.1, 0.15) is 12.5 Å². The lowest BCUT2D eigenvalue weighted by Gasteiger charge is -2.08. The second-order valence-corrected chi connectivity index (χ2v) is 7.34. The van der Waals surface area contributed by atoms with Crippen molar-refractivity contribution in [1.82, 2.24) is 15.2 Å². The highest BCUT2D eigenvalue weighted by molar-refractivity contribution is 7.99. The molecule has 0 saturated carbocycles. The van der Waals surface area contributed by atoms with Gasteiger partial charge in [-0.3, -0.25) is 9.89 Å². The minimum atomic E-state index is -0.0739. The van der Waals surface area contributed by atoms with Gasteiger partial charge >= 0.3 is 0 Å². The maximum Gasteiger partial charge on any atom is 0.234 e. The molecule has 0 fully saturated rings. The highest BCUT2D eigenvalue weighted by Crippen LogP contribution is 2.25. The molecule has 1 aromatic heterocycles. The Morgan fingerprint density at radius 3 is 2.65 bits per heavy atom. The summed E-state index contributed by atoms with van der Waals surface area (Å²) in [4.78, 5) is 17.7. The quantitative estimate of drug-likeness (QED) is 0.588. The third kappa shape index (κ3) is 4.68. The SMILES string of the molecule is CCc1ccc(-c2nc(SCC(=O)Nc3ccccc3SC)n[nH]2)cc1. The lowest BCUT2D eigenvalue weighted by atomic mass is 10.1. The summed E-state index contributed by atoms with van der Waals surface area (Å²) in [7, 11) is 0. The molecule has 0 aliphatic carbocycles. The number of anilines is 1. The molecule has 26 heavy (non-hydrogen) atoms. The first-order chi connectivity index (χ1) is 12.7. The molecule has 2 N–H and O–H groups in total. The van der Waals surface area contributed by atoms with Crippen molar-refractivity contribution in [3.8, 4) is 11.4 Å². The number of hydrogen-bond donors (Lipinski definition) is 2. The molecule has 0 radical (unpaired) electrons. The number of carbonyl (C=O) groups is 1. The summed E-state index contributed by atoms with van der Waals surface area (Å²) in [5.41, 5.74) is 3.10. The van der Waals surface area contributed by atoms with Crippen LogP contribution in [0.3, 0.4) is 0 Å². The van der Waals surface area contributed by atoms with E-state index in [1.54, 1.807) is 11.8 Å². The summed E-state index contributed by atoms with van der Waals surface area (Å²) in [6.07, 6.45) is 2.99. The monoisotopic (exact) mass is 384 g/mol. The van der Waals surface area contributed by atoms with E-state index >= 15 is 0 Å². The Kier molecular flexibility index (Phi) is 6.35. The normalized spacial score (nSPS) is 10.7. The molecule has 0 saturated heterocycles. The van der Waals surface area contributed by atoms with Crippen molar-refractivity contribution in [2.75, 3.05) is 17.3 Å². The third-order valence-electron chi connectivity index (χ3n) is 3.81. The fourth-order valence-corrected chi connectivity index (χ4v) is 3.55. The lowest BCUT2D eigenvalue weighted by molar-refractivity contribution is -0.113. The largest absolute Gasteiger partial charge is 0.324 e. The van der Waals surface area contributed by atoms with E-state index in [9.17, 15) is 4.79 Å². The smallest absolute Gasteiger partial charge is 0.234 e. The molecule has 134 valence electrons. The van der Waals surface area contributed by atoms with Gasteiger partial charge < -0.3 is 5.32 Å². The molecule has 2 aromatic carbocycles. The maximum atomic E-state index is 12.2. The maximum absolute atomic E-state index is 12.2. The van der Waals surface area contributed by atoms with E-state index in [2.05, 4.69) is 39.6 Å². The number of aromatic nitrogens is 3. The van der Waals surface area contributed by atoms with Gasteiger partial charge in [-0.25, -0.2) is 4.98 Å². The van der Waals surface area contributed by atoms with E-state index in [-0.39, 0.29) is 11.7 Å². The number of nitrogens with zero attached hydrogens (tertiary/aromatic N) is 2. The van der Waals surface area contributed by atoms with Crippen LogP contribution < -0.4 is 5.32 Å². The van der Waals surface area contributed by atoms with Crippen molar-refractivity contribution in [3.63, 3.8) is 0 Å². The molecule has 0 unspecified atom stereocenters. The number of aromatic amines is 1. The molecule has 3 aromatic rings. The van der Waals surface area contributed by atoms with E-state index in [0.717, 1.165) is 22.6 Å². The number of nitrogens with one attached hydrogen (secondary N) is 2. The number of benzene rings is 2. The van der Waals surface area contributed by atoms with Gasteiger partial charge in [0.25, 0.3) is 0 Å². The van der Waals surface area contributed by atoms with Crippen molar-refractivity contribution < 1.29 is 4.79 Å². The van der Waals surface area contributed by atoms with Gasteiger partial charge in [0.15, 0.2) is 5.82 Å². The summed E-state index contributed by atoms with van der Waals surface area (Å²) < 4.78 is 0. The van der Waals surface area contributed by atoms with Crippen molar-refractivity contribution in [2.45, 2.75) is 23.4 Å². The van der Waals surface area contributed by atoms with Crippen molar-refractivity contribution in [3.05, 3.63) is 54.1 Å². The summed E-state index contributed by atoms with van der Waals surface area (Å²) in [6, 6.07) is 16.0. The molecular weight excluding hydrogens is 364 g/mol. The Morgan fingerprint density at radius 2 is 1.92 bits per heavy atom. The number of rotatable bonds is 7. The van der Waals surface area contributed by atoms with Crippen LogP contribution in [0.15, 0.2) is 58.6 Å². The molecule has 0 aliphatic rings. The molecule has 1 amide bonds. The number of para-hydroxylation sites is 1. The Balaban J connectivity index is 1.58. The molecular formula is C19H20N4OS2. The first kappa shape index (κ1) is 18.5. The van der Waals surface area contributed by atoms with Crippen LogP contribution in [0.25, 0.3) is 11.4 Å². The first-order valence-corrected chi connectivity index (χ1v) is 10.5. The summed E-state index contributed by atoms with van der Waals surface area (Å²) in [5.74, 6) is 0.896. The van der Waals surface area contributed by atoms with Crippen LogP contribution in [-0.2, 0) is 11.2 Å². The van der Waals surface area contributed by atoms with Gasteiger partial charge in [-0.1, -0.05) is 55.1 Å². The molecule has 3 rings (SSSR count). The van der Waals surface area contributed by atoms with Gasteiger partial charge in [0, 0.05) is 10.5 Å². The van der Waals surface area contributed by atoms with Gasteiger partial charge in [0.1, 0.15) is 0 Å². The highest BCUT2D eigenvalue weighted by Gasteiger charge is 2.10. The zero-order chi connectivity index (χ0) is 18.4. The summed E-state index contributed by atoms with van der Waals surface area (Å²) in [6.45, 7) is 2.13. The van der Waals surface area contributed by atoms with Crippen LogP contribution >= 0.6 is 23.5 Å². The number of carbonyl (C=O) groups excluding carboxylic acids is 1. The molecule has 0 atom stereocenters. The zero-order valence-electron chi connectivity index (χ0n) is 14.7. The number of amides is 1. The van der Waals surface area contributed by atoms with Crippen LogP contribution in [0, 0.1) is 0 Å². The van der Waals surface area contributed by atoms with E-state index in [0.29, 0.717) is 11.0 Å². The predicted octanol–water partition coefficient (Wildman–Crippen LogP) is 4.49. The molecule has 7 heteroatoms. The van der Waals surface area contributed by atoms with Gasteiger partial charge in [-0.15, -0.1) is 16.9 Å². The Labute approximate surface area is 161 Å². The molecule has 1 heterocycles. The number of H-pyrrole nitrogens is 1. The van der Waals surface area contributed by atoms with E-state index in [1.807, 2.05) is 42.7 Å². The van der Waals surface area contributed by atoms with Crippen LogP contribution in [0.5, 0.6) is 0 Å². The number of aryl methyl sites for hydroxylation is 1. The average molecular weight is 385 g/mol. The van der Waals surface area contributed by atoms with E-state index in [1.165, 1.54) is 17.3 Å². The van der Waals surface area contributed by atoms with E-state index < -0.39 is 0 Å².